The van der Waals surface area contributed by atoms with E-state index >= 15 is 0 Å². The minimum atomic E-state index is -3.33. The average Bonchev–Trinajstić information content (AvgIpc) is 3.10. The number of nitrogens with one attached hydrogen (secondary N) is 1. The van der Waals surface area contributed by atoms with Crippen molar-refractivity contribution in [2.24, 2.45) is 11.1 Å². The van der Waals surface area contributed by atoms with Crippen LogP contribution in [-0.4, -0.2) is 32.5 Å². The number of carbonyl (C=O) groups is 2. The highest BCUT2D eigenvalue weighted by atomic mass is 19.3. The standard InChI is InChI=1S/C20H23F4N5O2/c1-11-14(17(31)27-12-4-7-26-13(8-12)16(25)30)29(28-15(11)19(3,21)22)10-18(2)5-6-20(23,24)9-18/h4,7-8H,5-6,9-10H2,1-3H3,(H2,25,30)(H,26,27,31)/t18-/m1/s1. The largest absolute Gasteiger partial charge is 0.364 e. The van der Waals surface area contributed by atoms with E-state index in [-0.39, 0.29) is 42.0 Å². The molecule has 0 aromatic carbocycles. The Morgan fingerprint density at radius 3 is 2.55 bits per heavy atom. The van der Waals surface area contributed by atoms with Crippen LogP contribution in [0, 0.1) is 12.3 Å². The maximum atomic E-state index is 14.1. The van der Waals surface area contributed by atoms with Crippen LogP contribution in [0.25, 0.3) is 0 Å². The second kappa shape index (κ2) is 7.61. The van der Waals surface area contributed by atoms with Crippen LogP contribution in [0.4, 0.5) is 23.2 Å². The van der Waals surface area contributed by atoms with Gasteiger partial charge in [-0.1, -0.05) is 6.92 Å². The first-order valence-corrected chi connectivity index (χ1v) is 9.62. The van der Waals surface area contributed by atoms with E-state index in [4.69, 9.17) is 5.73 Å². The van der Waals surface area contributed by atoms with Gasteiger partial charge in [0.05, 0.1) is 0 Å². The van der Waals surface area contributed by atoms with Gasteiger partial charge in [-0.2, -0.15) is 13.9 Å². The number of hydrogen-bond donors (Lipinski definition) is 2. The lowest BCUT2D eigenvalue weighted by molar-refractivity contribution is -0.00489. The van der Waals surface area contributed by atoms with Gasteiger partial charge < -0.3 is 11.1 Å². The number of primary amides is 1. The normalized spacial score (nSPS) is 20.6. The summed E-state index contributed by atoms with van der Waals surface area (Å²) in [6.45, 7) is 3.49. The summed E-state index contributed by atoms with van der Waals surface area (Å²) in [5, 5.41) is 6.43. The molecule has 3 rings (SSSR count). The number of rotatable bonds is 6. The zero-order chi connectivity index (χ0) is 23.2. The van der Waals surface area contributed by atoms with Crippen molar-refractivity contribution in [3.63, 3.8) is 0 Å². The molecule has 0 bridgehead atoms. The van der Waals surface area contributed by atoms with E-state index in [1.54, 1.807) is 6.92 Å². The molecule has 3 N–H and O–H groups in total. The minimum absolute atomic E-state index is 0.0532. The van der Waals surface area contributed by atoms with Crippen LogP contribution in [-0.2, 0) is 12.5 Å². The summed E-state index contributed by atoms with van der Waals surface area (Å²) in [4.78, 5) is 28.0. The van der Waals surface area contributed by atoms with Crippen LogP contribution < -0.4 is 11.1 Å². The summed E-state index contributed by atoms with van der Waals surface area (Å²) in [7, 11) is 0. The maximum Gasteiger partial charge on any atom is 0.289 e. The van der Waals surface area contributed by atoms with Crippen LogP contribution in [0.1, 0.15) is 65.3 Å². The van der Waals surface area contributed by atoms with E-state index in [9.17, 15) is 27.2 Å². The van der Waals surface area contributed by atoms with Crippen molar-refractivity contribution in [2.75, 3.05) is 5.32 Å². The lowest BCUT2D eigenvalue weighted by atomic mass is 9.88. The second-order valence-electron chi connectivity index (χ2n) is 8.46. The molecule has 2 aromatic rings. The van der Waals surface area contributed by atoms with Crippen LogP contribution >= 0.6 is 0 Å². The van der Waals surface area contributed by atoms with E-state index in [2.05, 4.69) is 15.4 Å². The van der Waals surface area contributed by atoms with Crippen molar-refractivity contribution in [3.8, 4) is 0 Å². The molecule has 31 heavy (non-hydrogen) atoms. The van der Waals surface area contributed by atoms with E-state index in [1.165, 1.54) is 25.3 Å². The van der Waals surface area contributed by atoms with Crippen LogP contribution in [0.3, 0.4) is 0 Å². The highest BCUT2D eigenvalue weighted by Crippen LogP contribution is 2.48. The molecule has 1 fully saturated rings. The molecule has 1 aliphatic carbocycles. The van der Waals surface area contributed by atoms with Crippen molar-refractivity contribution in [3.05, 3.63) is 41.0 Å². The fraction of sp³-hybridized carbons (Fsp3) is 0.500. The Morgan fingerprint density at radius 1 is 1.32 bits per heavy atom. The van der Waals surface area contributed by atoms with Gasteiger partial charge >= 0.3 is 0 Å². The van der Waals surface area contributed by atoms with Crippen molar-refractivity contribution in [1.82, 2.24) is 14.8 Å². The highest BCUT2D eigenvalue weighted by Gasteiger charge is 2.47. The van der Waals surface area contributed by atoms with Gasteiger partial charge in [0, 0.05) is 43.8 Å². The number of carbonyl (C=O) groups excluding carboxylic acids is 2. The molecule has 0 aliphatic heterocycles. The summed E-state index contributed by atoms with van der Waals surface area (Å²) in [6, 6.07) is 2.64. The van der Waals surface area contributed by atoms with Gasteiger partial charge in [-0.25, -0.2) is 8.78 Å². The second-order valence-corrected chi connectivity index (χ2v) is 8.46. The number of alkyl halides is 4. The van der Waals surface area contributed by atoms with Gasteiger partial charge in [-0.15, -0.1) is 0 Å². The third-order valence-corrected chi connectivity index (χ3v) is 5.40. The van der Waals surface area contributed by atoms with Crippen molar-refractivity contribution >= 4 is 17.5 Å². The smallest absolute Gasteiger partial charge is 0.289 e. The summed E-state index contributed by atoms with van der Waals surface area (Å²) >= 11 is 0. The maximum absolute atomic E-state index is 14.1. The van der Waals surface area contributed by atoms with E-state index < -0.39 is 41.2 Å². The molecule has 0 spiro atoms. The molecule has 2 heterocycles. The van der Waals surface area contributed by atoms with Gasteiger partial charge in [-0.05, 0) is 30.9 Å². The Morgan fingerprint density at radius 2 is 2.00 bits per heavy atom. The molecule has 1 saturated carbocycles. The minimum Gasteiger partial charge on any atom is -0.364 e. The first-order valence-electron chi connectivity index (χ1n) is 9.62. The Bertz CT molecular complexity index is 1030. The summed E-state index contributed by atoms with van der Waals surface area (Å²) in [5.41, 5.74) is 3.53. The molecule has 1 atom stereocenters. The number of nitrogens with zero attached hydrogens (tertiary/aromatic N) is 3. The first kappa shape index (κ1) is 22.7. The molecule has 2 aromatic heterocycles. The third-order valence-electron chi connectivity index (χ3n) is 5.40. The molecular formula is C20H23F4N5O2. The predicted molar refractivity (Wildman–Crippen MR) is 104 cm³/mol. The molecule has 168 valence electrons. The lowest BCUT2D eigenvalue weighted by Gasteiger charge is -2.24. The summed E-state index contributed by atoms with van der Waals surface area (Å²) in [5.74, 6) is -7.75. The number of pyridine rings is 1. The van der Waals surface area contributed by atoms with E-state index in [0.717, 1.165) is 4.68 Å². The zero-order valence-corrected chi connectivity index (χ0v) is 17.3. The number of hydrogen-bond acceptors (Lipinski definition) is 4. The van der Waals surface area contributed by atoms with Gasteiger partial charge in [0.2, 0.25) is 5.92 Å². The lowest BCUT2D eigenvalue weighted by Crippen LogP contribution is -2.27. The first-order chi connectivity index (χ1) is 14.2. The number of amides is 2. The Kier molecular flexibility index (Phi) is 5.57. The van der Waals surface area contributed by atoms with Crippen molar-refractivity contribution < 1.29 is 27.2 Å². The predicted octanol–water partition coefficient (Wildman–Crippen LogP) is 3.87. The van der Waals surface area contributed by atoms with Gasteiger partial charge in [0.25, 0.3) is 17.7 Å². The quantitative estimate of drug-likeness (QED) is 0.664. The molecule has 1 aliphatic rings. The van der Waals surface area contributed by atoms with E-state index in [0.29, 0.717) is 6.92 Å². The fourth-order valence-corrected chi connectivity index (χ4v) is 3.99. The molecule has 0 saturated heterocycles. The molecule has 2 amide bonds. The van der Waals surface area contributed by atoms with Gasteiger partial charge in [-0.3, -0.25) is 19.3 Å². The average molecular weight is 441 g/mol. The van der Waals surface area contributed by atoms with Crippen molar-refractivity contribution in [2.45, 2.75) is 58.4 Å². The van der Waals surface area contributed by atoms with Crippen LogP contribution in [0.5, 0.6) is 0 Å². The molecule has 0 radical (unpaired) electrons. The Hall–Kier alpha value is -2.98. The highest BCUT2D eigenvalue weighted by molar-refractivity contribution is 6.04. The monoisotopic (exact) mass is 441 g/mol. The molecule has 7 nitrogen and oxygen atoms in total. The summed E-state index contributed by atoms with van der Waals surface area (Å²) < 4.78 is 56.8. The van der Waals surface area contributed by atoms with Gasteiger partial charge in [0.15, 0.2) is 0 Å². The van der Waals surface area contributed by atoms with Crippen LogP contribution in [0.15, 0.2) is 18.3 Å². The number of aromatic nitrogens is 3. The van der Waals surface area contributed by atoms with Gasteiger partial charge in [0.1, 0.15) is 17.1 Å². The fourth-order valence-electron chi connectivity index (χ4n) is 3.99. The summed E-state index contributed by atoms with van der Waals surface area (Å²) in [6.07, 6.45) is 0.691. The number of halogens is 4. The SMILES string of the molecule is Cc1c(C(C)(F)F)nn(C[C@]2(C)CCC(F)(F)C2)c1C(=O)Nc1ccnc(C(N)=O)c1. The topological polar surface area (TPSA) is 103 Å². The number of nitrogens with two attached hydrogens (primary N) is 1. The van der Waals surface area contributed by atoms with Crippen LogP contribution in [0.2, 0.25) is 0 Å². The Balaban J connectivity index is 1.98. The van der Waals surface area contributed by atoms with Crippen molar-refractivity contribution in [1.29, 1.82) is 0 Å². The molecule has 11 heteroatoms. The third kappa shape index (κ3) is 4.86. The Labute approximate surface area is 176 Å². The molecule has 0 unspecified atom stereocenters. The molecular weight excluding hydrogens is 418 g/mol. The number of anilines is 1. The zero-order valence-electron chi connectivity index (χ0n) is 17.3. The van der Waals surface area contributed by atoms with E-state index in [1.807, 2.05) is 0 Å².